The minimum atomic E-state index is -0.987. The summed E-state index contributed by atoms with van der Waals surface area (Å²) in [7, 11) is 7.90. The fourth-order valence-corrected chi connectivity index (χ4v) is 10.4. The molecule has 1 aromatic carbocycles. The molecule has 0 saturated carbocycles. The number of nitrogens with zero attached hydrogens (tertiary/aromatic N) is 5. The summed E-state index contributed by atoms with van der Waals surface area (Å²) in [6, 6.07) is 5.81. The molecule has 1 saturated heterocycles. The molecule has 2 heterocycles. The third kappa shape index (κ3) is 16.2. The molecule has 6 amide bonds. The van der Waals surface area contributed by atoms with Crippen LogP contribution in [0.5, 0.6) is 0 Å². The number of aromatic nitrogens is 1. The van der Waals surface area contributed by atoms with Crippen LogP contribution in [0, 0.1) is 29.6 Å². The van der Waals surface area contributed by atoms with Crippen LogP contribution in [0.15, 0.2) is 41.9 Å². The Kier molecular flexibility index (Phi) is 23.3. The average Bonchev–Trinajstić information content (AvgIpc) is 4.02. The summed E-state index contributed by atoms with van der Waals surface area (Å²) in [6.07, 6.45) is 2.72. The number of ether oxygens (including phenoxy) is 3. The van der Waals surface area contributed by atoms with E-state index in [2.05, 4.69) is 15.6 Å². The Morgan fingerprint density at radius 2 is 1.49 bits per heavy atom. The summed E-state index contributed by atoms with van der Waals surface area (Å²) >= 11 is 1.49. The second-order valence-corrected chi connectivity index (χ2v) is 22.2. The number of nitrogens with one attached hydrogen (secondary N) is 2. The lowest BCUT2D eigenvalue weighted by atomic mass is 9.89. The van der Waals surface area contributed by atoms with Crippen LogP contribution >= 0.6 is 11.3 Å². The Morgan fingerprint density at radius 1 is 0.843 bits per heavy atom. The van der Waals surface area contributed by atoms with Gasteiger partial charge in [0.05, 0.1) is 42.7 Å². The smallest absolute Gasteiger partial charge is 0.410 e. The van der Waals surface area contributed by atoms with E-state index in [1.54, 1.807) is 65.1 Å². The van der Waals surface area contributed by atoms with E-state index in [1.807, 2.05) is 98.0 Å². The van der Waals surface area contributed by atoms with Crippen LogP contribution in [0.2, 0.25) is 0 Å². The minimum absolute atomic E-state index is 0.0316. The first-order valence-corrected chi connectivity index (χ1v) is 26.1. The number of benzene rings is 1. The van der Waals surface area contributed by atoms with Crippen LogP contribution in [-0.2, 0) is 44.6 Å². The largest absolute Gasteiger partial charge is 0.444 e. The van der Waals surface area contributed by atoms with Gasteiger partial charge in [0.1, 0.15) is 28.7 Å². The van der Waals surface area contributed by atoms with E-state index in [1.165, 1.54) is 28.2 Å². The van der Waals surface area contributed by atoms with E-state index >= 15 is 0 Å². The van der Waals surface area contributed by atoms with E-state index in [0.717, 1.165) is 17.0 Å². The number of thiazole rings is 1. The van der Waals surface area contributed by atoms with E-state index in [-0.39, 0.29) is 59.9 Å². The predicted molar refractivity (Wildman–Crippen MR) is 275 cm³/mol. The molecule has 70 heavy (non-hydrogen) atoms. The van der Waals surface area contributed by atoms with Crippen molar-refractivity contribution >= 4 is 47.0 Å². The first-order chi connectivity index (χ1) is 32.8. The van der Waals surface area contributed by atoms with Crippen LogP contribution in [-0.4, -0.2) is 150 Å². The van der Waals surface area contributed by atoms with Crippen molar-refractivity contribution in [3.05, 3.63) is 52.5 Å². The third-order valence-corrected chi connectivity index (χ3v) is 14.5. The highest BCUT2D eigenvalue weighted by Gasteiger charge is 2.44. The fourth-order valence-electron chi connectivity index (χ4n) is 9.67. The summed E-state index contributed by atoms with van der Waals surface area (Å²) in [5.74, 6) is -3.03. The zero-order valence-corrected chi connectivity index (χ0v) is 46.1. The summed E-state index contributed by atoms with van der Waals surface area (Å²) in [4.78, 5) is 95.9. The number of hydrogen-bond donors (Lipinski definition) is 2. The molecule has 3 rings (SSSR count). The standard InChI is InChI=1S/C53H87N7O9S/c1-18-35(8)45(59(15)51(65)43(33(4)5)56-48(63)44(34(6)7)58(14)50(64)40(29-32(2)3)57(13)52(66)69-53(10,11)12)41(67-16)31-42(61)60-27-22-25-39(60)46(68-17)36(9)47(62)55-38(49-54-26-28-70-49)30-37-23-20-19-21-24-37/h19-21,23-24,26,28,32-36,38-41,43-46H,18,22,25,27,29-31H2,1-17H3,(H,55,62)(H,56,63). The average molecular weight is 998 g/mol. The second kappa shape index (κ2) is 27.3. The zero-order valence-electron chi connectivity index (χ0n) is 45.3. The van der Waals surface area contributed by atoms with Crippen molar-refractivity contribution in [1.29, 1.82) is 0 Å². The molecule has 394 valence electrons. The molecule has 1 fully saturated rings. The van der Waals surface area contributed by atoms with Crippen molar-refractivity contribution in [2.24, 2.45) is 29.6 Å². The van der Waals surface area contributed by atoms with Crippen LogP contribution in [0.4, 0.5) is 4.79 Å². The van der Waals surface area contributed by atoms with Gasteiger partial charge < -0.3 is 39.5 Å². The fraction of sp³-hybridized carbons (Fsp3) is 0.717. The lowest BCUT2D eigenvalue weighted by Gasteiger charge is -2.41. The molecule has 1 aliphatic rings. The van der Waals surface area contributed by atoms with Crippen LogP contribution in [0.3, 0.4) is 0 Å². The molecule has 16 nitrogen and oxygen atoms in total. The number of amides is 6. The first-order valence-electron chi connectivity index (χ1n) is 25.2. The van der Waals surface area contributed by atoms with Gasteiger partial charge in [-0.05, 0) is 75.7 Å². The van der Waals surface area contributed by atoms with Crippen molar-refractivity contribution in [3.8, 4) is 0 Å². The molecule has 0 radical (unpaired) electrons. The number of methoxy groups -OCH3 is 2. The topological polar surface area (TPSA) is 180 Å². The van der Waals surface area contributed by atoms with E-state index < -0.39 is 65.8 Å². The molecule has 0 aliphatic carbocycles. The van der Waals surface area contributed by atoms with E-state index in [4.69, 9.17) is 14.2 Å². The summed E-state index contributed by atoms with van der Waals surface area (Å²) in [6.45, 7) is 22.9. The Hall–Kier alpha value is -4.61. The molecule has 0 spiro atoms. The highest BCUT2D eigenvalue weighted by molar-refractivity contribution is 7.09. The summed E-state index contributed by atoms with van der Waals surface area (Å²) in [5, 5.41) is 8.94. The number of carbonyl (C=O) groups is 6. The lowest BCUT2D eigenvalue weighted by molar-refractivity contribution is -0.149. The predicted octanol–water partition coefficient (Wildman–Crippen LogP) is 7.37. The van der Waals surface area contributed by atoms with Gasteiger partial charge in [-0.15, -0.1) is 11.3 Å². The number of hydrogen-bond acceptors (Lipinski definition) is 11. The van der Waals surface area contributed by atoms with Crippen molar-refractivity contribution < 1.29 is 43.0 Å². The van der Waals surface area contributed by atoms with Gasteiger partial charge in [-0.2, -0.15) is 0 Å². The van der Waals surface area contributed by atoms with Gasteiger partial charge in [-0.25, -0.2) is 9.78 Å². The van der Waals surface area contributed by atoms with Crippen LogP contribution < -0.4 is 10.6 Å². The summed E-state index contributed by atoms with van der Waals surface area (Å²) < 4.78 is 17.8. The molecule has 10 unspecified atom stereocenters. The Balaban J connectivity index is 1.83. The number of carbonyl (C=O) groups excluding carboxylic acids is 6. The molecular weight excluding hydrogens is 911 g/mol. The SMILES string of the molecule is CCC(C)C(C(CC(=O)N1CCCC1C(OC)C(C)C(=O)NC(Cc1ccccc1)c1nccs1)OC)N(C)C(=O)C(NC(=O)C(C(C)C)N(C)C(=O)C(CC(C)C)N(C)C(=O)OC(C)(C)C)C(C)C. The Labute approximate surface area is 423 Å². The highest BCUT2D eigenvalue weighted by Crippen LogP contribution is 2.31. The highest BCUT2D eigenvalue weighted by atomic mass is 32.1. The zero-order chi connectivity index (χ0) is 52.8. The van der Waals surface area contributed by atoms with Gasteiger partial charge in [0.2, 0.25) is 29.5 Å². The van der Waals surface area contributed by atoms with Crippen molar-refractivity contribution in [2.75, 3.05) is 41.9 Å². The molecule has 17 heteroatoms. The van der Waals surface area contributed by atoms with E-state index in [9.17, 15) is 28.8 Å². The van der Waals surface area contributed by atoms with Gasteiger partial charge in [0.25, 0.3) is 0 Å². The third-order valence-electron chi connectivity index (χ3n) is 13.6. The van der Waals surface area contributed by atoms with Crippen LogP contribution in [0.25, 0.3) is 0 Å². The molecular formula is C53H87N7O9S. The molecule has 10 atom stereocenters. The van der Waals surface area contributed by atoms with Gasteiger partial charge >= 0.3 is 6.09 Å². The van der Waals surface area contributed by atoms with Crippen molar-refractivity contribution in [2.45, 2.75) is 176 Å². The van der Waals surface area contributed by atoms with Crippen molar-refractivity contribution in [3.63, 3.8) is 0 Å². The minimum Gasteiger partial charge on any atom is -0.444 e. The molecule has 2 aromatic rings. The maximum absolute atomic E-state index is 14.8. The lowest BCUT2D eigenvalue weighted by Crippen LogP contribution is -2.61. The maximum atomic E-state index is 14.8. The molecule has 2 N–H and O–H groups in total. The molecule has 1 aromatic heterocycles. The van der Waals surface area contributed by atoms with Gasteiger partial charge in [0.15, 0.2) is 0 Å². The van der Waals surface area contributed by atoms with Crippen LogP contribution in [0.1, 0.15) is 132 Å². The van der Waals surface area contributed by atoms with Gasteiger partial charge in [-0.3, -0.25) is 28.9 Å². The second-order valence-electron chi connectivity index (χ2n) is 21.3. The number of likely N-dealkylation sites (tertiary alicyclic amines) is 1. The first kappa shape index (κ1) is 59.7. The Bertz CT molecular complexity index is 1980. The normalized spacial score (nSPS) is 18.0. The quantitative estimate of drug-likeness (QED) is 0.102. The number of rotatable bonds is 25. The van der Waals surface area contributed by atoms with E-state index in [0.29, 0.717) is 32.2 Å². The number of likely N-dealkylation sites (N-methyl/N-ethyl adjacent to an activating group) is 3. The van der Waals surface area contributed by atoms with Gasteiger partial charge in [-0.1, -0.05) is 99.1 Å². The maximum Gasteiger partial charge on any atom is 0.410 e. The molecule has 0 bridgehead atoms. The monoisotopic (exact) mass is 998 g/mol. The Morgan fingerprint density at radius 3 is 2.00 bits per heavy atom. The van der Waals surface area contributed by atoms with Crippen molar-refractivity contribution in [1.82, 2.24) is 35.2 Å². The van der Waals surface area contributed by atoms with Gasteiger partial charge in [0, 0.05) is 53.5 Å². The molecule has 1 aliphatic heterocycles. The summed E-state index contributed by atoms with van der Waals surface area (Å²) in [5.41, 5.74) is 0.295.